The number of aromatic amines is 1. The standard InChI is InChI=1S/C22H21ClFN5O5S2/c1-4-19(35-12(3)23)36(33,34)28-21(31)26-14-7-9-18(16(24)10-14)29-20(30)15-8-6-13(25-5-2)11-17(15)27-22(29)32/h4,6-11,25H,3,5H2,1-2H3,(H,27,32)(H2,26,28,31)/b19-4+. The normalized spacial score (nSPS) is 11.8. The molecule has 0 bridgehead atoms. The molecule has 0 fully saturated rings. The van der Waals surface area contributed by atoms with Crippen molar-refractivity contribution in [1.29, 1.82) is 0 Å². The summed E-state index contributed by atoms with van der Waals surface area (Å²) in [5, 5.41) is 5.42. The lowest BCUT2D eigenvalue weighted by Gasteiger charge is -2.12. The van der Waals surface area contributed by atoms with Crippen molar-refractivity contribution in [2.45, 2.75) is 13.8 Å². The number of sulfonamides is 1. The Morgan fingerprint density at radius 3 is 2.53 bits per heavy atom. The molecule has 0 saturated carbocycles. The average Bonchev–Trinajstić information content (AvgIpc) is 2.78. The van der Waals surface area contributed by atoms with Gasteiger partial charge in [0.2, 0.25) is 0 Å². The van der Waals surface area contributed by atoms with E-state index in [0.29, 0.717) is 28.6 Å². The number of fused-ring (bicyclic) bond motifs is 1. The van der Waals surface area contributed by atoms with E-state index in [1.165, 1.54) is 25.1 Å². The maximum absolute atomic E-state index is 14.9. The highest BCUT2D eigenvalue weighted by Crippen LogP contribution is 2.30. The van der Waals surface area contributed by atoms with E-state index in [4.69, 9.17) is 11.6 Å². The number of hydrogen-bond donors (Lipinski definition) is 4. The van der Waals surface area contributed by atoms with Gasteiger partial charge in [0.15, 0.2) is 0 Å². The molecule has 14 heteroatoms. The smallest absolute Gasteiger partial charge is 0.333 e. The molecule has 0 saturated heterocycles. The van der Waals surface area contributed by atoms with Crippen molar-refractivity contribution in [3.05, 3.63) is 84.3 Å². The average molecular weight is 554 g/mol. The Morgan fingerprint density at radius 1 is 1.22 bits per heavy atom. The van der Waals surface area contributed by atoms with Crippen LogP contribution in [-0.2, 0) is 10.0 Å². The second-order valence-electron chi connectivity index (χ2n) is 7.15. The summed E-state index contributed by atoms with van der Waals surface area (Å²) in [4.78, 5) is 40.3. The van der Waals surface area contributed by atoms with Gasteiger partial charge in [0.1, 0.15) is 10.1 Å². The van der Waals surface area contributed by atoms with Gasteiger partial charge in [-0.05, 0) is 50.2 Å². The van der Waals surface area contributed by atoms with Crippen LogP contribution in [0.5, 0.6) is 0 Å². The zero-order chi connectivity index (χ0) is 26.6. The maximum Gasteiger partial charge on any atom is 0.333 e. The fraction of sp³-hybridized carbons (Fsp3) is 0.136. The van der Waals surface area contributed by atoms with E-state index in [1.54, 1.807) is 16.9 Å². The van der Waals surface area contributed by atoms with Gasteiger partial charge in [-0.1, -0.05) is 36.0 Å². The minimum absolute atomic E-state index is 0.0245. The molecular formula is C22H21ClFN5O5S2. The Kier molecular flexibility index (Phi) is 8.28. The Labute approximate surface area is 214 Å². The molecule has 0 atom stereocenters. The number of rotatable bonds is 8. The number of allylic oxidation sites excluding steroid dienone is 1. The van der Waals surface area contributed by atoms with Crippen molar-refractivity contribution < 1.29 is 17.6 Å². The summed E-state index contributed by atoms with van der Waals surface area (Å²) in [5.41, 5.74) is -1.09. The van der Waals surface area contributed by atoms with Crippen LogP contribution in [0, 0.1) is 5.82 Å². The van der Waals surface area contributed by atoms with E-state index < -0.39 is 33.1 Å². The van der Waals surface area contributed by atoms with Gasteiger partial charge in [0.05, 0.1) is 21.0 Å². The van der Waals surface area contributed by atoms with Gasteiger partial charge >= 0.3 is 11.7 Å². The molecule has 3 aromatic rings. The minimum atomic E-state index is -4.26. The first-order valence-electron chi connectivity index (χ1n) is 10.3. The molecule has 2 aromatic carbocycles. The minimum Gasteiger partial charge on any atom is -0.385 e. The summed E-state index contributed by atoms with van der Waals surface area (Å²) >= 11 is 6.26. The number of halogens is 2. The number of H-pyrrole nitrogens is 1. The molecule has 1 heterocycles. The molecule has 1 aromatic heterocycles. The number of benzene rings is 2. The number of carbonyl (C=O) groups is 1. The third kappa shape index (κ3) is 5.98. The van der Waals surface area contributed by atoms with Gasteiger partial charge in [-0.15, -0.1) is 0 Å². The molecular weight excluding hydrogens is 533 g/mol. The van der Waals surface area contributed by atoms with E-state index in [1.807, 2.05) is 6.92 Å². The zero-order valence-corrected chi connectivity index (χ0v) is 21.4. The van der Waals surface area contributed by atoms with Crippen LogP contribution in [0.2, 0.25) is 0 Å². The lowest BCUT2D eigenvalue weighted by Crippen LogP contribution is -2.35. The summed E-state index contributed by atoms with van der Waals surface area (Å²) in [6, 6.07) is 6.77. The van der Waals surface area contributed by atoms with Crippen molar-refractivity contribution >= 4 is 61.7 Å². The summed E-state index contributed by atoms with van der Waals surface area (Å²) in [6.45, 7) is 7.36. The van der Waals surface area contributed by atoms with Crippen LogP contribution in [0.3, 0.4) is 0 Å². The van der Waals surface area contributed by atoms with Gasteiger partial charge in [-0.25, -0.2) is 31.7 Å². The van der Waals surface area contributed by atoms with Crippen LogP contribution < -0.4 is 26.6 Å². The van der Waals surface area contributed by atoms with Crippen molar-refractivity contribution in [2.75, 3.05) is 17.2 Å². The third-order valence-electron chi connectivity index (χ3n) is 4.66. The number of carbonyl (C=O) groups excluding carboxylic acids is 1. The number of thioether (sulfide) groups is 1. The van der Waals surface area contributed by atoms with Gasteiger partial charge in [0, 0.05) is 17.9 Å². The van der Waals surface area contributed by atoms with E-state index in [9.17, 15) is 27.2 Å². The van der Waals surface area contributed by atoms with Gasteiger partial charge < -0.3 is 15.6 Å². The van der Waals surface area contributed by atoms with Crippen LogP contribution in [0.25, 0.3) is 16.6 Å². The Morgan fingerprint density at radius 2 is 1.92 bits per heavy atom. The molecule has 0 aliphatic rings. The first kappa shape index (κ1) is 27.0. The second kappa shape index (κ2) is 11.0. The van der Waals surface area contributed by atoms with Crippen LogP contribution in [0.4, 0.5) is 20.6 Å². The van der Waals surface area contributed by atoms with Gasteiger partial charge in [-0.3, -0.25) is 4.79 Å². The first-order chi connectivity index (χ1) is 17.0. The Bertz CT molecular complexity index is 1620. The third-order valence-corrected chi connectivity index (χ3v) is 7.68. The van der Waals surface area contributed by atoms with Gasteiger partial charge in [0.25, 0.3) is 15.6 Å². The zero-order valence-electron chi connectivity index (χ0n) is 19.0. The van der Waals surface area contributed by atoms with Crippen molar-refractivity contribution in [3.8, 4) is 5.69 Å². The molecule has 10 nitrogen and oxygen atoms in total. The molecule has 0 aliphatic heterocycles. The van der Waals surface area contributed by atoms with Crippen molar-refractivity contribution in [2.24, 2.45) is 0 Å². The second-order valence-corrected chi connectivity index (χ2v) is 10.9. The quantitative estimate of drug-likeness (QED) is 0.330. The van der Waals surface area contributed by atoms with Crippen LogP contribution in [-0.4, -0.2) is 30.5 Å². The number of nitrogens with one attached hydrogen (secondary N) is 4. The van der Waals surface area contributed by atoms with Crippen molar-refractivity contribution in [3.63, 3.8) is 0 Å². The molecule has 0 spiro atoms. The fourth-order valence-electron chi connectivity index (χ4n) is 3.22. The van der Waals surface area contributed by atoms with Gasteiger partial charge in [-0.2, -0.15) is 0 Å². The molecule has 190 valence electrons. The van der Waals surface area contributed by atoms with E-state index in [0.717, 1.165) is 12.1 Å². The Balaban J connectivity index is 1.88. The lowest BCUT2D eigenvalue weighted by molar-refractivity contribution is 0.256. The predicted octanol–water partition coefficient (Wildman–Crippen LogP) is 4.01. The van der Waals surface area contributed by atoms with E-state index in [-0.39, 0.29) is 30.9 Å². The molecule has 36 heavy (non-hydrogen) atoms. The van der Waals surface area contributed by atoms with E-state index >= 15 is 0 Å². The summed E-state index contributed by atoms with van der Waals surface area (Å²) in [6.07, 6.45) is 1.22. The van der Waals surface area contributed by atoms with Crippen LogP contribution in [0.15, 0.2) is 67.2 Å². The molecule has 4 N–H and O–H groups in total. The largest absolute Gasteiger partial charge is 0.385 e. The number of anilines is 2. The molecule has 2 amide bonds. The number of hydrogen-bond acceptors (Lipinski definition) is 7. The molecule has 0 aliphatic carbocycles. The highest BCUT2D eigenvalue weighted by molar-refractivity contribution is 8.21. The number of amides is 2. The summed E-state index contributed by atoms with van der Waals surface area (Å²) in [5.74, 6) is -1.00. The van der Waals surface area contributed by atoms with Crippen LogP contribution >= 0.6 is 23.4 Å². The van der Waals surface area contributed by atoms with E-state index in [2.05, 4.69) is 22.2 Å². The maximum atomic E-state index is 14.9. The number of nitrogens with zero attached hydrogens (tertiary/aromatic N) is 1. The predicted molar refractivity (Wildman–Crippen MR) is 142 cm³/mol. The first-order valence-corrected chi connectivity index (χ1v) is 13.0. The fourth-order valence-corrected chi connectivity index (χ4v) is 5.52. The SMILES string of the molecule is C=C(Cl)S/C(=C\C)S(=O)(=O)NC(=O)Nc1ccc(-n2c(=O)[nH]c3cc(NCC)ccc3c2=O)c(F)c1. The summed E-state index contributed by atoms with van der Waals surface area (Å²) < 4.78 is 41.7. The lowest BCUT2D eigenvalue weighted by atomic mass is 10.2. The molecule has 3 rings (SSSR count). The monoisotopic (exact) mass is 553 g/mol. The van der Waals surface area contributed by atoms with Crippen LogP contribution in [0.1, 0.15) is 13.8 Å². The highest BCUT2D eigenvalue weighted by atomic mass is 35.5. The highest BCUT2D eigenvalue weighted by Gasteiger charge is 2.22. The molecule has 0 unspecified atom stereocenters. The Hall–Kier alpha value is -3.55. The number of urea groups is 1. The number of aromatic nitrogens is 2. The topological polar surface area (TPSA) is 142 Å². The summed E-state index contributed by atoms with van der Waals surface area (Å²) in [7, 11) is -4.26. The molecule has 0 radical (unpaired) electrons. The van der Waals surface area contributed by atoms with Crippen molar-refractivity contribution in [1.82, 2.24) is 14.3 Å².